The van der Waals surface area contributed by atoms with Crippen LogP contribution in [-0.2, 0) is 17.9 Å². The first kappa shape index (κ1) is 24.5. The quantitative estimate of drug-likeness (QED) is 0.513. The van der Waals surface area contributed by atoms with Gasteiger partial charge in [0.15, 0.2) is 0 Å². The second kappa shape index (κ2) is 10.7. The van der Waals surface area contributed by atoms with E-state index in [0.717, 1.165) is 49.8 Å². The molecule has 0 atom stereocenters. The third kappa shape index (κ3) is 5.52. The Balaban J connectivity index is 1.49. The lowest BCUT2D eigenvalue weighted by Crippen LogP contribution is -2.42. The molecule has 1 aromatic carbocycles. The molecule has 1 aliphatic carbocycles. The van der Waals surface area contributed by atoms with Crippen LogP contribution in [0.5, 0.6) is 0 Å². The average Bonchev–Trinajstić information content (AvgIpc) is 3.30. The van der Waals surface area contributed by atoms with Crippen molar-refractivity contribution in [1.29, 1.82) is 0 Å². The van der Waals surface area contributed by atoms with Crippen LogP contribution in [0, 0.1) is 24.7 Å². The van der Waals surface area contributed by atoms with Crippen LogP contribution in [0.4, 0.5) is 0 Å². The molecule has 1 saturated carbocycles. The molecule has 34 heavy (non-hydrogen) atoms. The molecular weight excluding hydrogens is 446 g/mol. The van der Waals surface area contributed by atoms with Gasteiger partial charge in [-0.05, 0) is 67.9 Å². The lowest BCUT2D eigenvalue weighted by Gasteiger charge is -2.28. The molecule has 6 nitrogen and oxygen atoms in total. The molecule has 0 unspecified atom stereocenters. The zero-order chi connectivity index (χ0) is 24.2. The topological polar surface area (TPSA) is 73.1 Å². The second-order valence-electron chi connectivity index (χ2n) is 10.1. The van der Waals surface area contributed by atoms with E-state index in [0.29, 0.717) is 29.2 Å². The highest BCUT2D eigenvalue weighted by molar-refractivity contribution is 7.17. The average molecular weight is 482 g/mol. The van der Waals surface area contributed by atoms with Gasteiger partial charge in [-0.15, -0.1) is 11.3 Å². The number of benzene rings is 1. The number of fused-ring (bicyclic) bond motifs is 1. The Labute approximate surface area is 204 Å². The first-order chi connectivity index (χ1) is 16.3. The Morgan fingerprint density at radius 1 is 1.12 bits per heavy atom. The van der Waals surface area contributed by atoms with Crippen LogP contribution in [0.1, 0.15) is 57.1 Å². The number of aryl methyl sites for hydroxylation is 1. The van der Waals surface area contributed by atoms with Gasteiger partial charge in [0.25, 0.3) is 5.56 Å². The van der Waals surface area contributed by atoms with Crippen LogP contribution in [0.15, 0.2) is 45.3 Å². The van der Waals surface area contributed by atoms with E-state index in [1.54, 1.807) is 4.57 Å². The largest absolute Gasteiger partial charge is 0.356 e. The highest BCUT2D eigenvalue weighted by Gasteiger charge is 2.27. The van der Waals surface area contributed by atoms with Gasteiger partial charge < -0.3 is 5.32 Å². The second-order valence-corrected chi connectivity index (χ2v) is 11.0. The molecule has 0 aliphatic heterocycles. The summed E-state index contributed by atoms with van der Waals surface area (Å²) in [5, 5.41) is 4.95. The smallest absolute Gasteiger partial charge is 0.331 e. The Kier molecular flexibility index (Phi) is 7.71. The van der Waals surface area contributed by atoms with Crippen LogP contribution in [-0.4, -0.2) is 21.6 Å². The number of nitrogens with one attached hydrogen (secondary N) is 1. The molecule has 0 bridgehead atoms. The van der Waals surface area contributed by atoms with Gasteiger partial charge in [0, 0.05) is 19.0 Å². The van der Waals surface area contributed by atoms with Gasteiger partial charge in [-0.25, -0.2) is 4.79 Å². The fourth-order valence-electron chi connectivity index (χ4n) is 4.93. The lowest BCUT2D eigenvalue weighted by atomic mass is 9.81. The van der Waals surface area contributed by atoms with Crippen LogP contribution in [0.25, 0.3) is 10.2 Å². The van der Waals surface area contributed by atoms with Crippen molar-refractivity contribution < 1.29 is 4.79 Å². The number of rotatable bonds is 8. The number of hydrogen-bond donors (Lipinski definition) is 1. The summed E-state index contributed by atoms with van der Waals surface area (Å²) in [4.78, 5) is 39.2. The van der Waals surface area contributed by atoms with Gasteiger partial charge in [0.1, 0.15) is 4.70 Å². The first-order valence-corrected chi connectivity index (χ1v) is 13.3. The lowest BCUT2D eigenvalue weighted by molar-refractivity contribution is -0.126. The van der Waals surface area contributed by atoms with Crippen LogP contribution >= 0.6 is 11.3 Å². The van der Waals surface area contributed by atoms with Crippen molar-refractivity contribution in [2.45, 2.75) is 66.0 Å². The summed E-state index contributed by atoms with van der Waals surface area (Å²) >= 11 is 1.39. The monoisotopic (exact) mass is 481 g/mol. The molecule has 1 amide bonds. The SMILES string of the molecule is Cc1cccc(Cn2c(=O)n(CC3CCC(C(=O)NCCC(C)C)CC3)c(=O)c3sccc32)c1. The Bertz CT molecular complexity index is 1260. The number of carbonyl (C=O) groups is 1. The third-order valence-electron chi connectivity index (χ3n) is 6.94. The standard InChI is InChI=1S/C27H35N3O3S/c1-18(2)11-13-28-25(31)22-9-7-20(8-10-22)16-30-26(32)24-23(12-14-34-24)29(27(30)33)17-21-6-4-5-19(3)15-21/h4-6,12,14-15,18,20,22H,7-11,13,16-17H2,1-3H3,(H,28,31). The number of thiophene rings is 1. The summed E-state index contributed by atoms with van der Waals surface area (Å²) in [5.74, 6) is 0.995. The molecule has 4 rings (SSSR count). The normalized spacial score (nSPS) is 18.5. The van der Waals surface area contributed by atoms with E-state index < -0.39 is 0 Å². The maximum Gasteiger partial charge on any atom is 0.331 e. The molecule has 0 radical (unpaired) electrons. The molecule has 1 N–H and O–H groups in total. The Hall–Kier alpha value is -2.67. The molecule has 3 aromatic rings. The summed E-state index contributed by atoms with van der Waals surface area (Å²) in [6, 6.07) is 9.99. The zero-order valence-corrected chi connectivity index (χ0v) is 21.2. The molecule has 1 fully saturated rings. The van der Waals surface area contributed by atoms with Crippen molar-refractivity contribution >= 4 is 27.5 Å². The molecule has 0 spiro atoms. The van der Waals surface area contributed by atoms with E-state index >= 15 is 0 Å². The maximum atomic E-state index is 13.5. The van der Waals surface area contributed by atoms with E-state index in [2.05, 4.69) is 25.2 Å². The highest BCUT2D eigenvalue weighted by atomic mass is 32.1. The van der Waals surface area contributed by atoms with Crippen molar-refractivity contribution in [2.75, 3.05) is 6.54 Å². The van der Waals surface area contributed by atoms with Crippen molar-refractivity contribution in [1.82, 2.24) is 14.5 Å². The minimum Gasteiger partial charge on any atom is -0.356 e. The third-order valence-corrected chi connectivity index (χ3v) is 7.83. The van der Waals surface area contributed by atoms with Gasteiger partial charge in [-0.1, -0.05) is 43.7 Å². The van der Waals surface area contributed by atoms with E-state index in [4.69, 9.17) is 0 Å². The van der Waals surface area contributed by atoms with Crippen LogP contribution in [0.2, 0.25) is 0 Å². The number of carbonyl (C=O) groups excluding carboxylic acids is 1. The number of aromatic nitrogens is 2. The molecular formula is C27H35N3O3S. The van der Waals surface area contributed by atoms with E-state index in [1.807, 2.05) is 36.6 Å². The minimum absolute atomic E-state index is 0.0397. The van der Waals surface area contributed by atoms with E-state index in [9.17, 15) is 14.4 Å². The van der Waals surface area contributed by atoms with Crippen molar-refractivity contribution in [2.24, 2.45) is 17.8 Å². The zero-order valence-electron chi connectivity index (χ0n) is 20.4. The fourth-order valence-corrected chi connectivity index (χ4v) is 5.78. The molecule has 182 valence electrons. The summed E-state index contributed by atoms with van der Waals surface area (Å²) in [6.07, 6.45) is 4.32. The summed E-state index contributed by atoms with van der Waals surface area (Å²) in [7, 11) is 0. The predicted octanol–water partition coefficient (Wildman–Crippen LogP) is 4.55. The first-order valence-electron chi connectivity index (χ1n) is 12.4. The van der Waals surface area contributed by atoms with Crippen LogP contribution < -0.4 is 16.6 Å². The molecule has 0 saturated heterocycles. The summed E-state index contributed by atoms with van der Waals surface area (Å²) in [6.45, 7) is 7.93. The highest BCUT2D eigenvalue weighted by Crippen LogP contribution is 2.30. The van der Waals surface area contributed by atoms with Crippen molar-refractivity contribution in [3.63, 3.8) is 0 Å². The van der Waals surface area contributed by atoms with Gasteiger partial charge in [0.2, 0.25) is 5.91 Å². The van der Waals surface area contributed by atoms with E-state index in [1.165, 1.54) is 15.9 Å². The summed E-state index contributed by atoms with van der Waals surface area (Å²) in [5.41, 5.74) is 2.46. The number of amides is 1. The van der Waals surface area contributed by atoms with Gasteiger partial charge in [-0.2, -0.15) is 0 Å². The maximum absolute atomic E-state index is 13.5. The van der Waals surface area contributed by atoms with Gasteiger partial charge in [0.05, 0.1) is 12.1 Å². The molecule has 1 aliphatic rings. The van der Waals surface area contributed by atoms with Gasteiger partial charge in [-0.3, -0.25) is 18.7 Å². The number of hydrogen-bond acceptors (Lipinski definition) is 4. The Morgan fingerprint density at radius 3 is 2.59 bits per heavy atom. The number of nitrogens with zero attached hydrogens (tertiary/aromatic N) is 2. The predicted molar refractivity (Wildman–Crippen MR) is 139 cm³/mol. The van der Waals surface area contributed by atoms with Gasteiger partial charge >= 0.3 is 5.69 Å². The minimum atomic E-state index is -0.244. The molecule has 2 aromatic heterocycles. The Morgan fingerprint density at radius 2 is 1.88 bits per heavy atom. The summed E-state index contributed by atoms with van der Waals surface area (Å²) < 4.78 is 3.79. The molecule has 2 heterocycles. The van der Waals surface area contributed by atoms with Crippen molar-refractivity contribution in [3.8, 4) is 0 Å². The van der Waals surface area contributed by atoms with Crippen molar-refractivity contribution in [3.05, 3.63) is 67.7 Å². The fraction of sp³-hybridized carbons (Fsp3) is 0.519. The van der Waals surface area contributed by atoms with Crippen LogP contribution in [0.3, 0.4) is 0 Å². The molecule has 7 heteroatoms. The van der Waals surface area contributed by atoms with E-state index in [-0.39, 0.29) is 29.0 Å².